The van der Waals surface area contributed by atoms with Crippen LogP contribution in [0.3, 0.4) is 0 Å². The minimum Gasteiger partial charge on any atom is -0.547 e. The van der Waals surface area contributed by atoms with Gasteiger partial charge in [0.25, 0.3) is 0 Å². The van der Waals surface area contributed by atoms with Gasteiger partial charge in [-0.3, -0.25) is 9.59 Å². The summed E-state index contributed by atoms with van der Waals surface area (Å²) in [6.07, 6.45) is 5.92. The van der Waals surface area contributed by atoms with Crippen LogP contribution in [0.15, 0.2) is 42.2 Å². The van der Waals surface area contributed by atoms with Crippen molar-refractivity contribution in [3.05, 3.63) is 42.2 Å². The van der Waals surface area contributed by atoms with Gasteiger partial charge in [0.2, 0.25) is 8.32 Å². The van der Waals surface area contributed by atoms with Crippen molar-refractivity contribution in [2.75, 3.05) is 13.7 Å². The topological polar surface area (TPSA) is 82.1 Å². The Morgan fingerprint density at radius 2 is 1.89 bits per heavy atom. The van der Waals surface area contributed by atoms with Crippen LogP contribution in [0.5, 0.6) is 5.75 Å². The number of rotatable bonds is 12. The standard InChI is InChI=1S/C30H46O6Si/c1-30(2,3)37(5,6)36-27(15-11-19-35-21-12-8-7-9-13-21)22-17-18-23-24(22)20-25(29(23)33)26(31)14-10-16-28(32)34-4/h7-9,12-13,15,22-26,31H,10-11,14,16-20H2,1-6H3/b27-15+/t22-,23?,24?,25-,26?/m0/s1. The van der Waals surface area contributed by atoms with Crippen molar-refractivity contribution >= 4 is 20.1 Å². The van der Waals surface area contributed by atoms with Gasteiger partial charge >= 0.3 is 5.97 Å². The van der Waals surface area contributed by atoms with Crippen LogP contribution in [0.4, 0.5) is 0 Å². The summed E-state index contributed by atoms with van der Waals surface area (Å²) in [5.41, 5.74) is 0. The molecule has 1 aromatic carbocycles. The van der Waals surface area contributed by atoms with Gasteiger partial charge in [-0.1, -0.05) is 39.0 Å². The molecule has 0 aliphatic heterocycles. The van der Waals surface area contributed by atoms with Crippen molar-refractivity contribution in [2.45, 2.75) is 90.0 Å². The van der Waals surface area contributed by atoms with Crippen molar-refractivity contribution in [3.8, 4) is 5.75 Å². The van der Waals surface area contributed by atoms with E-state index in [1.807, 2.05) is 30.3 Å². The van der Waals surface area contributed by atoms with Gasteiger partial charge in [-0.2, -0.15) is 0 Å². The number of allylic oxidation sites excluding steroid dienone is 1. The zero-order valence-corrected chi connectivity index (χ0v) is 24.5. The monoisotopic (exact) mass is 530 g/mol. The Hall–Kier alpha value is -2.12. The van der Waals surface area contributed by atoms with Gasteiger partial charge in [-0.25, -0.2) is 0 Å². The van der Waals surface area contributed by atoms with Gasteiger partial charge in [-0.05, 0) is 74.4 Å². The van der Waals surface area contributed by atoms with Gasteiger partial charge in [0, 0.05) is 30.6 Å². The number of carbonyl (C=O) groups is 2. The quantitative estimate of drug-likeness (QED) is 0.148. The highest BCUT2D eigenvalue weighted by molar-refractivity contribution is 6.74. The zero-order chi connectivity index (χ0) is 27.2. The molecule has 0 amide bonds. The number of benzene rings is 1. The molecule has 2 aliphatic rings. The summed E-state index contributed by atoms with van der Waals surface area (Å²) in [4.78, 5) is 24.7. The number of fused-ring (bicyclic) bond motifs is 1. The Morgan fingerprint density at radius 1 is 1.19 bits per heavy atom. The molecule has 6 nitrogen and oxygen atoms in total. The molecule has 5 atom stereocenters. The highest BCUT2D eigenvalue weighted by atomic mass is 28.4. The molecule has 0 bridgehead atoms. The molecule has 3 rings (SSSR count). The van der Waals surface area contributed by atoms with Gasteiger partial charge < -0.3 is 19.0 Å². The van der Waals surface area contributed by atoms with Crippen LogP contribution in [-0.2, 0) is 18.8 Å². The lowest BCUT2D eigenvalue weighted by atomic mass is 9.88. The molecule has 0 radical (unpaired) electrons. The van der Waals surface area contributed by atoms with Crippen LogP contribution >= 0.6 is 0 Å². The number of aliphatic hydroxyl groups is 1. The molecule has 2 fully saturated rings. The van der Waals surface area contributed by atoms with Crippen LogP contribution in [0.2, 0.25) is 18.1 Å². The molecule has 2 saturated carbocycles. The SMILES string of the molecule is COC(=O)CCCC(O)[C@@H]1CC2C(CC[C@@H]2/C(=C\CCOc2ccccc2)O[Si](C)(C)C(C)(C)C)C1=O. The molecule has 2 aliphatic carbocycles. The Labute approximate surface area is 223 Å². The molecule has 0 heterocycles. The molecule has 1 N–H and O–H groups in total. The second kappa shape index (κ2) is 12.6. The summed E-state index contributed by atoms with van der Waals surface area (Å²) in [7, 11) is -0.712. The number of methoxy groups -OCH3 is 1. The first-order valence-corrected chi connectivity index (χ1v) is 16.7. The van der Waals surface area contributed by atoms with Crippen molar-refractivity contribution in [1.82, 2.24) is 0 Å². The number of ketones is 1. The average Bonchev–Trinajstić information content (AvgIpc) is 3.41. The smallest absolute Gasteiger partial charge is 0.305 e. The van der Waals surface area contributed by atoms with Crippen molar-refractivity contribution in [2.24, 2.45) is 23.7 Å². The third-order valence-electron chi connectivity index (χ3n) is 8.67. The highest BCUT2D eigenvalue weighted by Crippen LogP contribution is 2.53. The van der Waals surface area contributed by atoms with Crippen molar-refractivity contribution < 1.29 is 28.6 Å². The third-order valence-corrected chi connectivity index (χ3v) is 13.0. The molecular formula is C30H46O6Si. The minimum absolute atomic E-state index is 0.0164. The Kier molecular flexibility index (Phi) is 10.0. The second-order valence-electron chi connectivity index (χ2n) is 12.2. The van der Waals surface area contributed by atoms with Crippen LogP contribution in [0.1, 0.15) is 65.7 Å². The highest BCUT2D eigenvalue weighted by Gasteiger charge is 2.53. The number of hydrogen-bond donors (Lipinski definition) is 1. The lowest BCUT2D eigenvalue weighted by molar-refractivity contribution is -0.140. The molecule has 206 valence electrons. The van der Waals surface area contributed by atoms with Crippen LogP contribution in [-0.4, -0.2) is 45.0 Å². The summed E-state index contributed by atoms with van der Waals surface area (Å²) < 4.78 is 17.5. The van der Waals surface area contributed by atoms with Crippen molar-refractivity contribution in [3.63, 3.8) is 0 Å². The first kappa shape index (κ1) is 29.4. The summed E-state index contributed by atoms with van der Waals surface area (Å²) in [6.45, 7) is 11.8. The van der Waals surface area contributed by atoms with Crippen molar-refractivity contribution in [1.29, 1.82) is 0 Å². The molecular weight excluding hydrogens is 484 g/mol. The van der Waals surface area contributed by atoms with Crippen LogP contribution < -0.4 is 4.74 Å². The molecule has 3 unspecified atom stereocenters. The van der Waals surface area contributed by atoms with E-state index < -0.39 is 14.4 Å². The zero-order valence-electron chi connectivity index (χ0n) is 23.5. The predicted molar refractivity (Wildman–Crippen MR) is 148 cm³/mol. The molecule has 37 heavy (non-hydrogen) atoms. The Morgan fingerprint density at radius 3 is 2.54 bits per heavy atom. The maximum atomic E-state index is 13.3. The van der Waals surface area contributed by atoms with E-state index in [-0.39, 0.29) is 46.9 Å². The molecule has 7 heteroatoms. The van der Waals surface area contributed by atoms with Crippen LogP contribution in [0, 0.1) is 23.7 Å². The fraction of sp³-hybridized carbons (Fsp3) is 0.667. The summed E-state index contributed by atoms with van der Waals surface area (Å²) in [6, 6.07) is 9.82. The summed E-state index contributed by atoms with van der Waals surface area (Å²) in [5.74, 6) is 1.79. The van der Waals surface area contributed by atoms with Crippen LogP contribution in [0.25, 0.3) is 0 Å². The number of Topliss-reactive ketones (excluding diaryl/α,β-unsaturated/α-hetero) is 1. The molecule has 0 saturated heterocycles. The van der Waals surface area contributed by atoms with E-state index in [1.165, 1.54) is 7.11 Å². The van der Waals surface area contributed by atoms with Gasteiger partial charge in [0.1, 0.15) is 11.5 Å². The fourth-order valence-electron chi connectivity index (χ4n) is 5.50. The normalized spacial score (nSPS) is 25.1. The average molecular weight is 531 g/mol. The van der Waals surface area contributed by atoms with E-state index in [0.29, 0.717) is 25.9 Å². The maximum absolute atomic E-state index is 13.3. The summed E-state index contributed by atoms with van der Waals surface area (Å²) >= 11 is 0. The minimum atomic E-state index is -2.08. The molecule has 0 aromatic heterocycles. The van der Waals surface area contributed by atoms with Gasteiger partial charge in [-0.15, -0.1) is 0 Å². The van der Waals surface area contributed by atoms with E-state index in [1.54, 1.807) is 0 Å². The van der Waals surface area contributed by atoms with E-state index in [0.717, 1.165) is 30.8 Å². The van der Waals surface area contributed by atoms with Gasteiger partial charge in [0.05, 0.1) is 25.6 Å². The second-order valence-corrected chi connectivity index (χ2v) is 16.9. The van der Waals surface area contributed by atoms with E-state index >= 15 is 0 Å². The predicted octanol–water partition coefficient (Wildman–Crippen LogP) is 6.30. The number of aliphatic hydroxyl groups excluding tert-OH is 1. The number of esters is 1. The number of ether oxygens (including phenoxy) is 2. The first-order chi connectivity index (χ1) is 17.4. The van der Waals surface area contributed by atoms with Gasteiger partial charge in [0.15, 0.2) is 0 Å². The third kappa shape index (κ3) is 7.47. The number of hydrogen-bond acceptors (Lipinski definition) is 6. The summed E-state index contributed by atoms with van der Waals surface area (Å²) in [5, 5.41) is 10.9. The van der Waals surface area contributed by atoms with E-state index in [2.05, 4.69) is 39.9 Å². The molecule has 1 aromatic rings. The Balaban J connectivity index is 1.71. The number of carbonyl (C=O) groups excluding carboxylic acids is 2. The largest absolute Gasteiger partial charge is 0.547 e. The first-order valence-electron chi connectivity index (χ1n) is 13.8. The lowest BCUT2D eigenvalue weighted by Crippen LogP contribution is -2.41. The Bertz CT molecular complexity index is 935. The maximum Gasteiger partial charge on any atom is 0.305 e. The number of para-hydroxylation sites is 1. The lowest BCUT2D eigenvalue weighted by Gasteiger charge is -2.39. The van der Waals surface area contributed by atoms with E-state index in [4.69, 9.17) is 13.9 Å². The van der Waals surface area contributed by atoms with E-state index in [9.17, 15) is 14.7 Å². The fourth-order valence-corrected chi connectivity index (χ4v) is 6.63. The molecule has 0 spiro atoms.